The second kappa shape index (κ2) is 7.48. The largest absolute Gasteiger partial charge is 0.448 e. The van der Waals surface area contributed by atoms with Crippen LogP contribution in [0.5, 0.6) is 0 Å². The second-order valence-corrected chi connectivity index (χ2v) is 6.49. The molecule has 1 atom stereocenters. The lowest BCUT2D eigenvalue weighted by Gasteiger charge is -2.24. The van der Waals surface area contributed by atoms with Gasteiger partial charge in [0.1, 0.15) is 0 Å². The normalized spacial score (nSPS) is 15.3. The highest BCUT2D eigenvalue weighted by Crippen LogP contribution is 2.23. The van der Waals surface area contributed by atoms with Crippen molar-refractivity contribution in [2.75, 3.05) is 5.32 Å². The van der Waals surface area contributed by atoms with Gasteiger partial charge in [-0.25, -0.2) is 4.79 Å². The predicted octanol–water partition coefficient (Wildman–Crippen LogP) is 3.64. The third kappa shape index (κ3) is 3.42. The average molecular weight is 371 g/mol. The molecule has 0 saturated heterocycles. The van der Waals surface area contributed by atoms with Crippen LogP contribution >= 0.6 is 0 Å². The number of hydrogen-bond donors (Lipinski definition) is 1. The van der Waals surface area contributed by atoms with Crippen molar-refractivity contribution in [3.8, 4) is 0 Å². The van der Waals surface area contributed by atoms with Gasteiger partial charge in [0.05, 0.1) is 11.3 Å². The van der Waals surface area contributed by atoms with Crippen molar-refractivity contribution >= 4 is 23.3 Å². The zero-order chi connectivity index (χ0) is 19.5. The van der Waals surface area contributed by atoms with Crippen molar-refractivity contribution in [3.05, 3.63) is 101 Å². The summed E-state index contributed by atoms with van der Waals surface area (Å²) >= 11 is 0. The van der Waals surface area contributed by atoms with Gasteiger partial charge in [0.2, 0.25) is 0 Å². The SMILES string of the molecule is O=C1OC(C(=O)Nc2ccccc2C(=O)c2ccccc2)Cc2ccccc21. The maximum atomic E-state index is 12.8. The van der Waals surface area contributed by atoms with Crippen LogP contribution in [-0.2, 0) is 16.0 Å². The molecule has 4 rings (SSSR count). The van der Waals surface area contributed by atoms with E-state index in [0.29, 0.717) is 28.8 Å². The number of ether oxygens (including phenoxy) is 1. The van der Waals surface area contributed by atoms with Crippen LogP contribution in [0, 0.1) is 0 Å². The van der Waals surface area contributed by atoms with Gasteiger partial charge in [0, 0.05) is 17.5 Å². The zero-order valence-corrected chi connectivity index (χ0v) is 14.9. The van der Waals surface area contributed by atoms with Gasteiger partial charge in [0.15, 0.2) is 11.9 Å². The number of para-hydroxylation sites is 1. The van der Waals surface area contributed by atoms with Crippen molar-refractivity contribution in [1.82, 2.24) is 0 Å². The first-order valence-corrected chi connectivity index (χ1v) is 8.92. The van der Waals surface area contributed by atoms with E-state index in [4.69, 9.17) is 4.74 Å². The average Bonchev–Trinajstić information content (AvgIpc) is 2.74. The lowest BCUT2D eigenvalue weighted by molar-refractivity contribution is -0.125. The molecule has 1 aliphatic heterocycles. The summed E-state index contributed by atoms with van der Waals surface area (Å²) in [5, 5.41) is 2.75. The molecular formula is C23H17NO4. The molecule has 0 aliphatic carbocycles. The van der Waals surface area contributed by atoms with E-state index in [2.05, 4.69) is 5.32 Å². The minimum absolute atomic E-state index is 0.192. The number of carbonyl (C=O) groups excluding carboxylic acids is 3. The second-order valence-electron chi connectivity index (χ2n) is 6.49. The van der Waals surface area contributed by atoms with Gasteiger partial charge >= 0.3 is 5.97 Å². The molecule has 1 heterocycles. The number of hydrogen-bond acceptors (Lipinski definition) is 4. The van der Waals surface area contributed by atoms with E-state index < -0.39 is 18.0 Å². The molecule has 3 aromatic carbocycles. The number of carbonyl (C=O) groups is 3. The number of ketones is 1. The summed E-state index contributed by atoms with van der Waals surface area (Å²) in [4.78, 5) is 37.7. The molecule has 28 heavy (non-hydrogen) atoms. The fourth-order valence-corrected chi connectivity index (χ4v) is 3.23. The molecule has 0 aromatic heterocycles. The molecule has 0 saturated carbocycles. The third-order valence-electron chi connectivity index (χ3n) is 4.65. The number of esters is 1. The van der Waals surface area contributed by atoms with Gasteiger partial charge in [-0.2, -0.15) is 0 Å². The number of nitrogens with one attached hydrogen (secondary N) is 1. The summed E-state index contributed by atoms with van der Waals surface area (Å²) in [5.74, 6) is -1.17. The van der Waals surface area contributed by atoms with Crippen LogP contribution in [0.1, 0.15) is 31.8 Å². The first kappa shape index (κ1) is 17.7. The minimum Gasteiger partial charge on any atom is -0.448 e. The van der Waals surface area contributed by atoms with Gasteiger partial charge in [-0.15, -0.1) is 0 Å². The summed E-state index contributed by atoms with van der Waals surface area (Å²) < 4.78 is 5.30. The minimum atomic E-state index is -0.942. The fourth-order valence-electron chi connectivity index (χ4n) is 3.23. The summed E-state index contributed by atoms with van der Waals surface area (Å²) in [5.41, 5.74) is 2.54. The van der Waals surface area contributed by atoms with Crippen molar-refractivity contribution in [2.45, 2.75) is 12.5 Å². The number of fused-ring (bicyclic) bond motifs is 1. The van der Waals surface area contributed by atoms with Crippen LogP contribution in [-0.4, -0.2) is 23.8 Å². The lowest BCUT2D eigenvalue weighted by Crippen LogP contribution is -2.38. The highest BCUT2D eigenvalue weighted by Gasteiger charge is 2.31. The molecule has 0 fully saturated rings. The van der Waals surface area contributed by atoms with E-state index in [1.54, 1.807) is 60.7 Å². The van der Waals surface area contributed by atoms with E-state index in [9.17, 15) is 14.4 Å². The Balaban J connectivity index is 1.56. The third-order valence-corrected chi connectivity index (χ3v) is 4.65. The summed E-state index contributed by atoms with van der Waals surface area (Å²) in [6, 6.07) is 22.7. The Hall–Kier alpha value is -3.73. The Labute approximate surface area is 162 Å². The van der Waals surface area contributed by atoms with Crippen LogP contribution < -0.4 is 5.32 Å². The Bertz CT molecular complexity index is 1060. The molecule has 0 bridgehead atoms. The predicted molar refractivity (Wildman–Crippen MR) is 104 cm³/mol. The number of anilines is 1. The Morgan fingerprint density at radius 3 is 2.36 bits per heavy atom. The Morgan fingerprint density at radius 2 is 1.54 bits per heavy atom. The lowest BCUT2D eigenvalue weighted by atomic mass is 9.98. The Kier molecular flexibility index (Phi) is 4.72. The van der Waals surface area contributed by atoms with E-state index in [1.807, 2.05) is 18.2 Å². The topological polar surface area (TPSA) is 72.5 Å². The van der Waals surface area contributed by atoms with Crippen LogP contribution in [0.3, 0.4) is 0 Å². The van der Waals surface area contributed by atoms with Crippen molar-refractivity contribution in [2.24, 2.45) is 0 Å². The van der Waals surface area contributed by atoms with E-state index in [-0.39, 0.29) is 5.78 Å². The summed E-state index contributed by atoms with van der Waals surface area (Å²) in [6.07, 6.45) is -0.648. The number of rotatable bonds is 4. The molecular weight excluding hydrogens is 354 g/mol. The van der Waals surface area contributed by atoms with Gasteiger partial charge in [0.25, 0.3) is 5.91 Å². The molecule has 3 aromatic rings. The highest BCUT2D eigenvalue weighted by atomic mass is 16.5. The van der Waals surface area contributed by atoms with Crippen LogP contribution in [0.2, 0.25) is 0 Å². The van der Waals surface area contributed by atoms with Crippen molar-refractivity contribution in [3.63, 3.8) is 0 Å². The van der Waals surface area contributed by atoms with E-state index >= 15 is 0 Å². The molecule has 0 spiro atoms. The van der Waals surface area contributed by atoms with E-state index in [1.165, 1.54) is 0 Å². The highest BCUT2D eigenvalue weighted by molar-refractivity contribution is 6.14. The standard InChI is InChI=1S/C23H17NO4/c25-21(15-8-2-1-3-9-15)18-12-6-7-13-19(18)24-22(26)20-14-16-10-4-5-11-17(16)23(27)28-20/h1-13,20H,14H2,(H,24,26). The van der Waals surface area contributed by atoms with Gasteiger partial charge in [-0.1, -0.05) is 60.7 Å². The van der Waals surface area contributed by atoms with Crippen molar-refractivity contribution < 1.29 is 19.1 Å². The number of cyclic esters (lactones) is 1. The molecule has 5 nitrogen and oxygen atoms in total. The number of benzene rings is 3. The van der Waals surface area contributed by atoms with Crippen LogP contribution in [0.15, 0.2) is 78.9 Å². The molecule has 1 amide bonds. The molecule has 1 unspecified atom stereocenters. The zero-order valence-electron chi connectivity index (χ0n) is 14.9. The van der Waals surface area contributed by atoms with Gasteiger partial charge in [-0.05, 0) is 23.8 Å². The maximum absolute atomic E-state index is 12.8. The monoisotopic (exact) mass is 371 g/mol. The summed E-state index contributed by atoms with van der Waals surface area (Å²) in [7, 11) is 0. The molecule has 5 heteroatoms. The fraction of sp³-hybridized carbons (Fsp3) is 0.0870. The summed E-state index contributed by atoms with van der Waals surface area (Å²) in [6.45, 7) is 0. The van der Waals surface area contributed by atoms with E-state index in [0.717, 1.165) is 5.56 Å². The smallest absolute Gasteiger partial charge is 0.339 e. The molecule has 1 aliphatic rings. The maximum Gasteiger partial charge on any atom is 0.339 e. The quantitative estimate of drug-likeness (QED) is 0.561. The molecule has 0 radical (unpaired) electrons. The first-order valence-electron chi connectivity index (χ1n) is 8.92. The molecule has 1 N–H and O–H groups in total. The van der Waals surface area contributed by atoms with Crippen LogP contribution in [0.25, 0.3) is 0 Å². The van der Waals surface area contributed by atoms with Crippen LogP contribution in [0.4, 0.5) is 5.69 Å². The molecule has 138 valence electrons. The first-order chi connectivity index (χ1) is 13.6. The van der Waals surface area contributed by atoms with Gasteiger partial charge in [-0.3, -0.25) is 9.59 Å². The number of amides is 1. The Morgan fingerprint density at radius 1 is 0.857 bits per heavy atom. The van der Waals surface area contributed by atoms with Gasteiger partial charge < -0.3 is 10.1 Å². The van der Waals surface area contributed by atoms with Crippen molar-refractivity contribution in [1.29, 1.82) is 0 Å².